The van der Waals surface area contributed by atoms with E-state index < -0.39 is 0 Å². The van der Waals surface area contributed by atoms with Gasteiger partial charge in [-0.3, -0.25) is 4.79 Å². The summed E-state index contributed by atoms with van der Waals surface area (Å²) in [6.07, 6.45) is 3.26. The molecule has 0 radical (unpaired) electrons. The van der Waals surface area contributed by atoms with Crippen LogP contribution in [0.1, 0.15) is 27.2 Å². The lowest BCUT2D eigenvalue weighted by molar-refractivity contribution is 0.100. The largest absolute Gasteiger partial charge is 0.379 e. The summed E-state index contributed by atoms with van der Waals surface area (Å²) in [4.78, 5) is 12.5. The van der Waals surface area contributed by atoms with Crippen LogP contribution < -0.4 is 11.1 Å². The molecule has 0 saturated heterocycles. The molecule has 0 spiro atoms. The van der Waals surface area contributed by atoms with E-state index in [4.69, 9.17) is 5.73 Å². The van der Waals surface area contributed by atoms with Crippen LogP contribution in [0.3, 0.4) is 0 Å². The molecule has 4 heteroatoms. The fourth-order valence-electron chi connectivity index (χ4n) is 1.84. The molecule has 0 unspecified atom stereocenters. The van der Waals surface area contributed by atoms with Crippen LogP contribution in [0.4, 0.5) is 5.00 Å². The van der Waals surface area contributed by atoms with Gasteiger partial charge in [-0.2, -0.15) is 0 Å². The zero-order valence-corrected chi connectivity index (χ0v) is 8.33. The molecule has 13 heavy (non-hydrogen) atoms. The normalized spacial score (nSPS) is 14.2. The smallest absolute Gasteiger partial charge is 0.251 e. The van der Waals surface area contributed by atoms with Gasteiger partial charge >= 0.3 is 0 Å². The van der Waals surface area contributed by atoms with Crippen molar-refractivity contribution in [2.45, 2.75) is 19.3 Å². The molecular weight excluding hydrogens is 184 g/mol. The van der Waals surface area contributed by atoms with E-state index in [-0.39, 0.29) is 5.91 Å². The van der Waals surface area contributed by atoms with Crippen LogP contribution >= 0.6 is 11.3 Å². The number of nitrogens with two attached hydrogens (primary N) is 1. The van der Waals surface area contributed by atoms with Gasteiger partial charge in [0, 0.05) is 11.9 Å². The molecule has 1 aromatic heterocycles. The Kier molecular flexibility index (Phi) is 2.00. The number of anilines is 1. The van der Waals surface area contributed by atoms with Crippen LogP contribution in [0, 0.1) is 0 Å². The highest BCUT2D eigenvalue weighted by molar-refractivity contribution is 7.16. The molecule has 0 aliphatic heterocycles. The van der Waals surface area contributed by atoms with Crippen molar-refractivity contribution in [3.05, 3.63) is 16.0 Å². The zero-order chi connectivity index (χ0) is 9.42. The van der Waals surface area contributed by atoms with E-state index in [0.29, 0.717) is 0 Å². The van der Waals surface area contributed by atoms with Gasteiger partial charge < -0.3 is 11.1 Å². The molecule has 1 aromatic rings. The maximum atomic E-state index is 11.2. The van der Waals surface area contributed by atoms with Crippen LogP contribution in [-0.4, -0.2) is 13.0 Å². The molecule has 0 bridgehead atoms. The number of hydrogen-bond donors (Lipinski definition) is 2. The Morgan fingerprint density at radius 3 is 2.92 bits per heavy atom. The monoisotopic (exact) mass is 196 g/mol. The quantitative estimate of drug-likeness (QED) is 0.750. The van der Waals surface area contributed by atoms with Crippen molar-refractivity contribution in [2.24, 2.45) is 5.73 Å². The number of nitrogens with one attached hydrogen (secondary N) is 1. The molecule has 1 aliphatic carbocycles. The van der Waals surface area contributed by atoms with Gasteiger partial charge in [0.1, 0.15) is 5.00 Å². The Morgan fingerprint density at radius 1 is 1.54 bits per heavy atom. The summed E-state index contributed by atoms with van der Waals surface area (Å²) in [5.41, 5.74) is 7.24. The lowest BCUT2D eigenvalue weighted by Gasteiger charge is -2.00. The Bertz CT molecular complexity index is 357. The number of carbonyl (C=O) groups is 1. The lowest BCUT2D eigenvalue weighted by atomic mass is 10.1. The summed E-state index contributed by atoms with van der Waals surface area (Å²) in [6, 6.07) is 0. The molecule has 1 heterocycles. The fraction of sp³-hybridized carbons (Fsp3) is 0.444. The minimum absolute atomic E-state index is 0.302. The summed E-state index contributed by atoms with van der Waals surface area (Å²) in [5, 5.41) is 3.95. The van der Waals surface area contributed by atoms with E-state index in [1.807, 2.05) is 7.05 Å². The molecule has 3 N–H and O–H groups in total. The van der Waals surface area contributed by atoms with Crippen molar-refractivity contribution in [1.29, 1.82) is 0 Å². The van der Waals surface area contributed by atoms with E-state index >= 15 is 0 Å². The van der Waals surface area contributed by atoms with E-state index in [0.717, 1.165) is 29.8 Å². The summed E-state index contributed by atoms with van der Waals surface area (Å²) < 4.78 is 0. The number of aryl methyl sites for hydroxylation is 1. The highest BCUT2D eigenvalue weighted by atomic mass is 32.1. The predicted octanol–water partition coefficient (Wildman–Crippen LogP) is 1.38. The van der Waals surface area contributed by atoms with Crippen molar-refractivity contribution < 1.29 is 4.79 Å². The van der Waals surface area contributed by atoms with Crippen LogP contribution in [0.25, 0.3) is 0 Å². The van der Waals surface area contributed by atoms with E-state index in [9.17, 15) is 4.79 Å². The molecule has 70 valence electrons. The van der Waals surface area contributed by atoms with Crippen LogP contribution in [0.15, 0.2) is 0 Å². The van der Waals surface area contributed by atoms with Crippen molar-refractivity contribution in [3.8, 4) is 0 Å². The third kappa shape index (κ3) is 1.21. The number of amides is 1. The Labute approximate surface area is 80.9 Å². The molecule has 0 aromatic carbocycles. The minimum atomic E-state index is -0.302. The molecular formula is C9H12N2OS. The first-order chi connectivity index (χ1) is 6.24. The fourth-order valence-corrected chi connectivity index (χ4v) is 3.09. The SMILES string of the molecule is CNc1sc2c(c1C(N)=O)CCC2. The number of carbonyl (C=O) groups excluding carboxylic acids is 1. The van der Waals surface area contributed by atoms with Crippen LogP contribution in [-0.2, 0) is 12.8 Å². The van der Waals surface area contributed by atoms with Crippen molar-refractivity contribution in [2.75, 3.05) is 12.4 Å². The third-order valence-electron chi connectivity index (χ3n) is 2.39. The first-order valence-electron chi connectivity index (χ1n) is 4.36. The van der Waals surface area contributed by atoms with Gasteiger partial charge in [-0.25, -0.2) is 0 Å². The average Bonchev–Trinajstić information content (AvgIpc) is 2.59. The Morgan fingerprint density at radius 2 is 2.31 bits per heavy atom. The van der Waals surface area contributed by atoms with Crippen molar-refractivity contribution in [1.82, 2.24) is 0 Å². The highest BCUT2D eigenvalue weighted by Crippen LogP contribution is 2.38. The summed E-state index contributed by atoms with van der Waals surface area (Å²) >= 11 is 1.66. The van der Waals surface area contributed by atoms with E-state index in [2.05, 4.69) is 5.32 Å². The van der Waals surface area contributed by atoms with Crippen molar-refractivity contribution >= 4 is 22.2 Å². The van der Waals surface area contributed by atoms with Gasteiger partial charge in [-0.1, -0.05) is 0 Å². The standard InChI is InChI=1S/C9H12N2OS/c1-11-9-7(8(10)12)5-3-2-4-6(5)13-9/h11H,2-4H2,1H3,(H2,10,12). The lowest BCUT2D eigenvalue weighted by Crippen LogP contribution is -2.13. The summed E-state index contributed by atoms with van der Waals surface area (Å²) in [7, 11) is 1.83. The van der Waals surface area contributed by atoms with E-state index in [1.165, 1.54) is 10.4 Å². The second-order valence-corrected chi connectivity index (χ2v) is 4.28. The van der Waals surface area contributed by atoms with Gasteiger partial charge in [0.25, 0.3) is 5.91 Å². The van der Waals surface area contributed by atoms with Gasteiger partial charge in [-0.05, 0) is 24.8 Å². The van der Waals surface area contributed by atoms with E-state index in [1.54, 1.807) is 11.3 Å². The number of hydrogen-bond acceptors (Lipinski definition) is 3. The van der Waals surface area contributed by atoms with Gasteiger partial charge in [-0.15, -0.1) is 11.3 Å². The maximum absolute atomic E-state index is 11.2. The molecule has 0 atom stereocenters. The van der Waals surface area contributed by atoms with Crippen LogP contribution in [0.5, 0.6) is 0 Å². The molecule has 0 saturated carbocycles. The second kappa shape index (κ2) is 3.03. The molecule has 1 amide bonds. The molecule has 1 aliphatic rings. The molecule has 2 rings (SSSR count). The topological polar surface area (TPSA) is 55.1 Å². The first kappa shape index (κ1) is 8.56. The summed E-state index contributed by atoms with van der Waals surface area (Å²) in [6.45, 7) is 0. The number of thiophene rings is 1. The van der Waals surface area contributed by atoms with Gasteiger partial charge in [0.05, 0.1) is 5.56 Å². The Balaban J connectivity index is 2.55. The Hall–Kier alpha value is -1.03. The average molecular weight is 196 g/mol. The number of rotatable bonds is 2. The second-order valence-electron chi connectivity index (χ2n) is 3.18. The predicted molar refractivity (Wildman–Crippen MR) is 54.4 cm³/mol. The highest BCUT2D eigenvalue weighted by Gasteiger charge is 2.24. The summed E-state index contributed by atoms with van der Waals surface area (Å²) in [5.74, 6) is -0.302. The van der Waals surface area contributed by atoms with Gasteiger partial charge in [0.2, 0.25) is 0 Å². The number of fused-ring (bicyclic) bond motifs is 1. The molecule has 0 fully saturated rings. The van der Waals surface area contributed by atoms with Crippen molar-refractivity contribution in [3.63, 3.8) is 0 Å². The zero-order valence-electron chi connectivity index (χ0n) is 7.52. The third-order valence-corrected chi connectivity index (χ3v) is 3.70. The maximum Gasteiger partial charge on any atom is 0.251 e. The number of primary amides is 1. The molecule has 3 nitrogen and oxygen atoms in total. The van der Waals surface area contributed by atoms with Crippen LogP contribution in [0.2, 0.25) is 0 Å². The first-order valence-corrected chi connectivity index (χ1v) is 5.17. The van der Waals surface area contributed by atoms with Gasteiger partial charge in [0.15, 0.2) is 0 Å². The minimum Gasteiger partial charge on any atom is -0.379 e.